The molecule has 154 valence electrons. The molecule has 0 amide bonds. The molecular weight excluding hydrogens is 358 g/mol. The van der Waals surface area contributed by atoms with Crippen LogP contribution in [0.25, 0.3) is 0 Å². The molecule has 1 saturated heterocycles. The van der Waals surface area contributed by atoms with Crippen LogP contribution < -0.4 is 5.32 Å². The van der Waals surface area contributed by atoms with Crippen LogP contribution in [0.2, 0.25) is 0 Å². The number of nitrogens with one attached hydrogen (secondary N) is 1. The lowest BCUT2D eigenvalue weighted by atomic mass is 9.44. The Hall–Kier alpha value is -1.04. The number of aliphatic hydroxyl groups is 1. The molecule has 1 aromatic carbocycles. The van der Waals surface area contributed by atoms with Crippen LogP contribution in [0.15, 0.2) is 30.3 Å². The van der Waals surface area contributed by atoms with E-state index in [1.165, 1.54) is 24.9 Å². The molecular formula is C23H32F2N2O. The van der Waals surface area contributed by atoms with Crippen LogP contribution in [0.3, 0.4) is 0 Å². The summed E-state index contributed by atoms with van der Waals surface area (Å²) in [6.45, 7) is 3.11. The average molecular weight is 391 g/mol. The number of alkyl halides is 2. The summed E-state index contributed by atoms with van der Waals surface area (Å²) in [4.78, 5) is 2.64. The number of halogens is 2. The molecule has 28 heavy (non-hydrogen) atoms. The predicted molar refractivity (Wildman–Crippen MR) is 105 cm³/mol. The zero-order valence-electron chi connectivity index (χ0n) is 16.5. The van der Waals surface area contributed by atoms with Gasteiger partial charge in [-0.05, 0) is 49.0 Å². The van der Waals surface area contributed by atoms with E-state index in [9.17, 15) is 13.9 Å². The van der Waals surface area contributed by atoms with Crippen LogP contribution >= 0.6 is 0 Å². The highest BCUT2D eigenvalue weighted by molar-refractivity contribution is 5.16. The minimum Gasteiger partial charge on any atom is -0.396 e. The standard InChI is InChI=1S/C23H32F2N2O/c24-23(25)13-21(14-23)11-22(12-21,16-28)15-26-19-6-18-7-20(8-19)27(10-18)9-17-4-2-1-3-5-17/h1-5,18-20,26,28H,6-16H2. The van der Waals surface area contributed by atoms with Gasteiger partial charge in [0.05, 0.1) is 0 Å². The monoisotopic (exact) mass is 390 g/mol. The Labute approximate surface area is 166 Å². The molecule has 1 spiro atoms. The van der Waals surface area contributed by atoms with Crippen LogP contribution in [-0.2, 0) is 6.54 Å². The van der Waals surface area contributed by atoms with E-state index in [4.69, 9.17) is 0 Å². The molecule has 4 fully saturated rings. The third kappa shape index (κ3) is 3.50. The Morgan fingerprint density at radius 3 is 2.46 bits per heavy atom. The summed E-state index contributed by atoms with van der Waals surface area (Å²) in [5, 5.41) is 13.7. The van der Waals surface area contributed by atoms with Crippen molar-refractivity contribution in [2.24, 2.45) is 16.7 Å². The van der Waals surface area contributed by atoms with Gasteiger partial charge in [0.25, 0.3) is 0 Å². The molecule has 3 saturated carbocycles. The van der Waals surface area contributed by atoms with Crippen LogP contribution in [0.5, 0.6) is 0 Å². The van der Waals surface area contributed by atoms with Crippen LogP contribution in [0.1, 0.15) is 50.5 Å². The van der Waals surface area contributed by atoms with Gasteiger partial charge in [0.2, 0.25) is 5.92 Å². The second-order valence-electron chi connectivity index (χ2n) is 10.4. The van der Waals surface area contributed by atoms with E-state index in [-0.39, 0.29) is 30.3 Å². The van der Waals surface area contributed by atoms with Crippen molar-refractivity contribution >= 4 is 0 Å². The number of fused-ring (bicyclic) bond motifs is 2. The molecule has 5 rings (SSSR count). The summed E-state index contributed by atoms with van der Waals surface area (Å²) < 4.78 is 26.6. The van der Waals surface area contributed by atoms with Crippen LogP contribution in [0.4, 0.5) is 8.78 Å². The van der Waals surface area contributed by atoms with E-state index in [1.54, 1.807) is 0 Å². The minimum absolute atomic E-state index is 0.0315. The molecule has 5 heteroatoms. The number of benzene rings is 1. The van der Waals surface area contributed by atoms with Crippen molar-refractivity contribution in [1.82, 2.24) is 10.2 Å². The number of nitrogens with zero attached hydrogens (tertiary/aromatic N) is 1. The second kappa shape index (κ2) is 6.75. The molecule has 0 radical (unpaired) electrons. The summed E-state index contributed by atoms with van der Waals surface area (Å²) in [5.74, 6) is -1.71. The van der Waals surface area contributed by atoms with Gasteiger partial charge in [0.1, 0.15) is 0 Å². The fraction of sp³-hybridized carbons (Fsp3) is 0.739. The van der Waals surface area contributed by atoms with Gasteiger partial charge in [-0.3, -0.25) is 4.90 Å². The third-order valence-electron chi connectivity index (χ3n) is 7.89. The fourth-order valence-electron chi connectivity index (χ4n) is 7.00. The summed E-state index contributed by atoms with van der Waals surface area (Å²) in [5.41, 5.74) is 1.04. The number of aliphatic hydroxyl groups excluding tert-OH is 1. The first-order chi connectivity index (χ1) is 13.4. The SMILES string of the molecule is OCC1(CNC2CC3CC(C2)N(Cc2ccccc2)C3)CC2(CC(F)(F)C2)C1. The van der Waals surface area contributed by atoms with E-state index in [1.807, 2.05) is 0 Å². The lowest BCUT2D eigenvalue weighted by Crippen LogP contribution is -2.62. The molecule has 1 aliphatic heterocycles. The first-order valence-electron chi connectivity index (χ1n) is 10.9. The fourth-order valence-corrected chi connectivity index (χ4v) is 7.00. The van der Waals surface area contributed by atoms with Crippen molar-refractivity contribution < 1.29 is 13.9 Å². The number of likely N-dealkylation sites (tertiary alicyclic amines) is 1. The maximum Gasteiger partial charge on any atom is 0.249 e. The lowest BCUT2D eigenvalue weighted by Gasteiger charge is -2.63. The quantitative estimate of drug-likeness (QED) is 0.775. The van der Waals surface area contributed by atoms with E-state index >= 15 is 0 Å². The maximum atomic E-state index is 13.3. The molecule has 2 N–H and O–H groups in total. The normalized spacial score (nSPS) is 34.8. The summed E-state index contributed by atoms with van der Waals surface area (Å²) >= 11 is 0. The summed E-state index contributed by atoms with van der Waals surface area (Å²) in [7, 11) is 0. The van der Waals surface area contributed by atoms with E-state index in [0.717, 1.165) is 38.3 Å². The summed E-state index contributed by atoms with van der Waals surface area (Å²) in [6.07, 6.45) is 5.25. The molecule has 3 aliphatic carbocycles. The second-order valence-corrected chi connectivity index (χ2v) is 10.4. The zero-order chi connectivity index (χ0) is 19.4. The number of hydrogen-bond donors (Lipinski definition) is 2. The van der Waals surface area contributed by atoms with Crippen molar-refractivity contribution in [3.8, 4) is 0 Å². The summed E-state index contributed by atoms with van der Waals surface area (Å²) in [6, 6.07) is 11.8. The van der Waals surface area contributed by atoms with Crippen molar-refractivity contribution in [1.29, 1.82) is 0 Å². The van der Waals surface area contributed by atoms with Gasteiger partial charge in [-0.1, -0.05) is 30.3 Å². The minimum atomic E-state index is -2.46. The predicted octanol–water partition coefficient (Wildman–Crippen LogP) is 3.82. The molecule has 1 heterocycles. The Kier molecular flexibility index (Phi) is 4.57. The Morgan fingerprint density at radius 1 is 1.04 bits per heavy atom. The van der Waals surface area contributed by atoms with E-state index in [2.05, 4.69) is 40.5 Å². The van der Waals surface area contributed by atoms with Gasteiger partial charge < -0.3 is 10.4 Å². The highest BCUT2D eigenvalue weighted by Gasteiger charge is 2.66. The molecule has 1 aromatic rings. The van der Waals surface area contributed by atoms with Crippen molar-refractivity contribution in [3.05, 3.63) is 35.9 Å². The Morgan fingerprint density at radius 2 is 1.79 bits per heavy atom. The molecule has 3 atom stereocenters. The van der Waals surface area contributed by atoms with Gasteiger partial charge >= 0.3 is 0 Å². The Bertz CT molecular complexity index is 694. The van der Waals surface area contributed by atoms with E-state index < -0.39 is 5.92 Å². The van der Waals surface area contributed by atoms with Gasteiger partial charge in [-0.25, -0.2) is 8.78 Å². The molecule has 4 aliphatic rings. The topological polar surface area (TPSA) is 35.5 Å². The third-order valence-corrected chi connectivity index (χ3v) is 7.89. The largest absolute Gasteiger partial charge is 0.396 e. The molecule has 0 aromatic heterocycles. The lowest BCUT2D eigenvalue weighted by molar-refractivity contribution is -0.237. The molecule has 2 bridgehead atoms. The smallest absolute Gasteiger partial charge is 0.249 e. The highest BCUT2D eigenvalue weighted by atomic mass is 19.3. The first-order valence-corrected chi connectivity index (χ1v) is 10.9. The van der Waals surface area contributed by atoms with Crippen molar-refractivity contribution in [2.45, 2.75) is 69.5 Å². The number of rotatable bonds is 6. The Balaban J connectivity index is 1.13. The molecule has 3 nitrogen and oxygen atoms in total. The first kappa shape index (κ1) is 19.0. The van der Waals surface area contributed by atoms with Gasteiger partial charge in [0.15, 0.2) is 0 Å². The maximum absolute atomic E-state index is 13.3. The number of hydrogen-bond acceptors (Lipinski definition) is 3. The van der Waals surface area contributed by atoms with Crippen molar-refractivity contribution in [3.63, 3.8) is 0 Å². The van der Waals surface area contributed by atoms with Gasteiger partial charge in [-0.2, -0.15) is 0 Å². The zero-order valence-corrected chi connectivity index (χ0v) is 16.5. The van der Waals surface area contributed by atoms with Crippen LogP contribution in [-0.4, -0.2) is 47.7 Å². The van der Waals surface area contributed by atoms with E-state index in [0.29, 0.717) is 12.1 Å². The highest BCUT2D eigenvalue weighted by Crippen LogP contribution is 2.68. The van der Waals surface area contributed by atoms with Crippen LogP contribution in [0, 0.1) is 16.7 Å². The van der Waals surface area contributed by atoms with Gasteiger partial charge in [-0.15, -0.1) is 0 Å². The van der Waals surface area contributed by atoms with Gasteiger partial charge in [0, 0.05) is 56.6 Å². The van der Waals surface area contributed by atoms with Crippen molar-refractivity contribution in [2.75, 3.05) is 19.7 Å². The average Bonchev–Trinajstić information content (AvgIpc) is 2.90. The molecule has 3 unspecified atom stereocenters.